The number of hydrogen-bond donors (Lipinski definition) is 2. The highest BCUT2D eigenvalue weighted by Gasteiger charge is 2.25. The first kappa shape index (κ1) is 12.9. The zero-order chi connectivity index (χ0) is 12.8. The van der Waals surface area contributed by atoms with Gasteiger partial charge in [-0.2, -0.15) is 0 Å². The molecular weight excluding hydrogens is 234 g/mol. The molecule has 1 aromatic rings. The highest BCUT2D eigenvalue weighted by atomic mass is 16.5. The van der Waals surface area contributed by atoms with Gasteiger partial charge in [0.05, 0.1) is 18.8 Å². The molecule has 0 saturated carbocycles. The second kappa shape index (κ2) is 6.37. The lowest BCUT2D eigenvalue weighted by Crippen LogP contribution is -2.49. The SMILES string of the molecule is O=C(N[C@H]1COCC[C@H]1O)OCc1ccccc1. The normalized spacial score (nSPS) is 23.4. The van der Waals surface area contributed by atoms with Crippen LogP contribution in [0.15, 0.2) is 30.3 Å². The van der Waals surface area contributed by atoms with E-state index in [0.29, 0.717) is 19.6 Å². The summed E-state index contributed by atoms with van der Waals surface area (Å²) in [6.07, 6.45) is -0.569. The second-order valence-corrected chi connectivity index (χ2v) is 4.24. The number of carbonyl (C=O) groups is 1. The van der Waals surface area contributed by atoms with Gasteiger partial charge in [0.1, 0.15) is 6.61 Å². The van der Waals surface area contributed by atoms with Gasteiger partial charge in [-0.15, -0.1) is 0 Å². The molecule has 1 amide bonds. The molecule has 1 aliphatic heterocycles. The molecule has 2 N–H and O–H groups in total. The van der Waals surface area contributed by atoms with Crippen LogP contribution in [0, 0.1) is 0 Å². The van der Waals surface area contributed by atoms with Crippen LogP contribution in [0.4, 0.5) is 4.79 Å². The third-order valence-electron chi connectivity index (χ3n) is 2.84. The lowest BCUT2D eigenvalue weighted by Gasteiger charge is -2.27. The number of alkyl carbamates (subject to hydrolysis) is 1. The van der Waals surface area contributed by atoms with Crippen LogP contribution in [-0.2, 0) is 16.1 Å². The minimum Gasteiger partial charge on any atom is -0.445 e. The molecule has 1 fully saturated rings. The number of carbonyl (C=O) groups excluding carboxylic acids is 1. The Balaban J connectivity index is 1.75. The number of rotatable bonds is 3. The van der Waals surface area contributed by atoms with Crippen molar-refractivity contribution in [3.8, 4) is 0 Å². The van der Waals surface area contributed by atoms with E-state index in [-0.39, 0.29) is 12.6 Å². The summed E-state index contributed by atoms with van der Waals surface area (Å²) in [7, 11) is 0. The molecule has 98 valence electrons. The number of hydrogen-bond acceptors (Lipinski definition) is 4. The fourth-order valence-electron chi connectivity index (χ4n) is 1.78. The maximum absolute atomic E-state index is 11.5. The molecule has 1 heterocycles. The molecule has 0 radical (unpaired) electrons. The summed E-state index contributed by atoms with van der Waals surface area (Å²) < 4.78 is 10.2. The summed E-state index contributed by atoms with van der Waals surface area (Å²) in [6.45, 7) is 1.07. The van der Waals surface area contributed by atoms with E-state index in [9.17, 15) is 9.90 Å². The van der Waals surface area contributed by atoms with Gasteiger partial charge in [0.2, 0.25) is 0 Å². The van der Waals surface area contributed by atoms with E-state index < -0.39 is 12.2 Å². The van der Waals surface area contributed by atoms with Gasteiger partial charge in [0.15, 0.2) is 0 Å². The Bertz CT molecular complexity index is 382. The summed E-state index contributed by atoms with van der Waals surface area (Å²) in [5.74, 6) is 0. The first-order chi connectivity index (χ1) is 8.75. The highest BCUT2D eigenvalue weighted by molar-refractivity contribution is 5.67. The molecule has 0 spiro atoms. The Morgan fingerprint density at radius 1 is 1.44 bits per heavy atom. The summed E-state index contributed by atoms with van der Waals surface area (Å²) in [6, 6.07) is 9.05. The minimum absolute atomic E-state index is 0.219. The van der Waals surface area contributed by atoms with Crippen LogP contribution in [0.3, 0.4) is 0 Å². The van der Waals surface area contributed by atoms with E-state index in [1.54, 1.807) is 0 Å². The number of aliphatic hydroxyl groups excluding tert-OH is 1. The maximum atomic E-state index is 11.5. The van der Waals surface area contributed by atoms with Crippen molar-refractivity contribution in [1.82, 2.24) is 5.32 Å². The maximum Gasteiger partial charge on any atom is 0.407 e. The molecule has 0 unspecified atom stereocenters. The van der Waals surface area contributed by atoms with E-state index in [0.717, 1.165) is 5.56 Å². The molecule has 5 nitrogen and oxygen atoms in total. The Morgan fingerprint density at radius 3 is 2.94 bits per heavy atom. The summed E-state index contributed by atoms with van der Waals surface area (Å²) in [5.41, 5.74) is 0.924. The van der Waals surface area contributed by atoms with E-state index in [1.807, 2.05) is 30.3 Å². The van der Waals surface area contributed by atoms with Gasteiger partial charge in [0, 0.05) is 6.61 Å². The molecule has 2 atom stereocenters. The van der Waals surface area contributed by atoms with Crippen LogP contribution in [0.25, 0.3) is 0 Å². The zero-order valence-electron chi connectivity index (χ0n) is 10.0. The molecule has 1 saturated heterocycles. The van der Waals surface area contributed by atoms with Crippen LogP contribution in [-0.4, -0.2) is 36.6 Å². The van der Waals surface area contributed by atoms with Crippen LogP contribution >= 0.6 is 0 Å². The van der Waals surface area contributed by atoms with Crippen molar-refractivity contribution in [2.24, 2.45) is 0 Å². The van der Waals surface area contributed by atoms with Gasteiger partial charge in [-0.25, -0.2) is 4.79 Å². The van der Waals surface area contributed by atoms with Crippen molar-refractivity contribution in [1.29, 1.82) is 0 Å². The molecule has 0 bridgehead atoms. The van der Waals surface area contributed by atoms with Gasteiger partial charge in [0.25, 0.3) is 0 Å². The second-order valence-electron chi connectivity index (χ2n) is 4.24. The minimum atomic E-state index is -0.567. The van der Waals surface area contributed by atoms with Crippen LogP contribution in [0.2, 0.25) is 0 Å². The molecule has 5 heteroatoms. The average molecular weight is 251 g/mol. The molecule has 18 heavy (non-hydrogen) atoms. The average Bonchev–Trinajstić information content (AvgIpc) is 2.40. The highest BCUT2D eigenvalue weighted by Crippen LogP contribution is 2.08. The van der Waals surface area contributed by atoms with Crippen molar-refractivity contribution in [2.75, 3.05) is 13.2 Å². The molecule has 0 aromatic heterocycles. The van der Waals surface area contributed by atoms with Gasteiger partial charge >= 0.3 is 6.09 Å². The van der Waals surface area contributed by atoms with Crippen molar-refractivity contribution < 1.29 is 19.4 Å². The molecule has 1 aromatic carbocycles. The first-order valence-corrected chi connectivity index (χ1v) is 5.99. The number of ether oxygens (including phenoxy) is 2. The Kier molecular flexibility index (Phi) is 4.55. The van der Waals surface area contributed by atoms with Gasteiger partial charge in [-0.3, -0.25) is 0 Å². The van der Waals surface area contributed by atoms with Crippen LogP contribution in [0.5, 0.6) is 0 Å². The van der Waals surface area contributed by atoms with Crippen LogP contribution < -0.4 is 5.32 Å². The third-order valence-corrected chi connectivity index (χ3v) is 2.84. The van der Waals surface area contributed by atoms with E-state index >= 15 is 0 Å². The third kappa shape index (κ3) is 3.72. The first-order valence-electron chi connectivity index (χ1n) is 5.99. The van der Waals surface area contributed by atoms with Gasteiger partial charge in [-0.05, 0) is 12.0 Å². The van der Waals surface area contributed by atoms with Crippen molar-refractivity contribution in [3.63, 3.8) is 0 Å². The monoisotopic (exact) mass is 251 g/mol. The van der Waals surface area contributed by atoms with E-state index in [4.69, 9.17) is 9.47 Å². The predicted octanol–water partition coefficient (Wildman–Crippen LogP) is 1.06. The van der Waals surface area contributed by atoms with Crippen molar-refractivity contribution in [3.05, 3.63) is 35.9 Å². The van der Waals surface area contributed by atoms with Crippen LogP contribution in [0.1, 0.15) is 12.0 Å². The quantitative estimate of drug-likeness (QED) is 0.843. The topological polar surface area (TPSA) is 67.8 Å². The Labute approximate surface area is 106 Å². The van der Waals surface area contributed by atoms with Crippen molar-refractivity contribution in [2.45, 2.75) is 25.2 Å². The number of benzene rings is 1. The van der Waals surface area contributed by atoms with Gasteiger partial charge in [-0.1, -0.05) is 30.3 Å². The number of aliphatic hydroxyl groups is 1. The predicted molar refractivity (Wildman–Crippen MR) is 65.0 cm³/mol. The summed E-state index contributed by atoms with van der Waals surface area (Å²) in [5, 5.41) is 12.3. The molecule has 0 aliphatic carbocycles. The van der Waals surface area contributed by atoms with E-state index in [2.05, 4.69) is 5.32 Å². The summed E-state index contributed by atoms with van der Waals surface area (Å²) in [4.78, 5) is 11.5. The zero-order valence-corrected chi connectivity index (χ0v) is 10.0. The van der Waals surface area contributed by atoms with Crippen molar-refractivity contribution >= 4 is 6.09 Å². The lowest BCUT2D eigenvalue weighted by atomic mass is 10.1. The Hall–Kier alpha value is -1.59. The molecular formula is C13H17NO4. The molecule has 2 rings (SSSR count). The standard InChI is InChI=1S/C13H17NO4/c15-12-6-7-17-9-11(12)14-13(16)18-8-10-4-2-1-3-5-10/h1-5,11-12,15H,6-9H2,(H,14,16)/t11-,12+/m0/s1. The largest absolute Gasteiger partial charge is 0.445 e. The lowest BCUT2D eigenvalue weighted by molar-refractivity contribution is -0.0158. The summed E-state index contributed by atoms with van der Waals surface area (Å²) >= 11 is 0. The smallest absolute Gasteiger partial charge is 0.407 e. The van der Waals surface area contributed by atoms with E-state index in [1.165, 1.54) is 0 Å². The molecule has 1 aliphatic rings. The number of amides is 1. The number of nitrogens with one attached hydrogen (secondary N) is 1. The van der Waals surface area contributed by atoms with Gasteiger partial charge < -0.3 is 19.9 Å². The fourth-order valence-corrected chi connectivity index (χ4v) is 1.78. The fraction of sp³-hybridized carbons (Fsp3) is 0.462. The Morgan fingerprint density at radius 2 is 2.22 bits per heavy atom.